The molecule has 2 rings (SSSR count). The van der Waals surface area contributed by atoms with E-state index in [2.05, 4.69) is 47.7 Å². The topological polar surface area (TPSA) is 32.3 Å². The highest BCUT2D eigenvalue weighted by Crippen LogP contribution is 2.25. The average molecular weight is 297 g/mol. The maximum atomic E-state index is 6.09. The lowest BCUT2D eigenvalue weighted by molar-refractivity contribution is 0.247. The Kier molecular flexibility index (Phi) is 5.22. The number of likely N-dealkylation sites (tertiary alicyclic amines) is 1. The number of hydrogen-bond donors (Lipinski definition) is 0. The van der Waals surface area contributed by atoms with Crippen LogP contribution in [0.4, 0.5) is 5.69 Å². The normalized spacial score (nSPS) is 20.4. The Morgan fingerprint density at radius 2 is 2.25 bits per heavy atom. The molecular formula is C15H25ClN4. The van der Waals surface area contributed by atoms with Crippen LogP contribution in [0.2, 0.25) is 0 Å². The van der Waals surface area contributed by atoms with Gasteiger partial charge in [-0.05, 0) is 26.4 Å². The lowest BCUT2D eigenvalue weighted by Crippen LogP contribution is -2.45. The Hall–Kier alpha value is -0.870. The largest absolute Gasteiger partial charge is 0.368 e. The van der Waals surface area contributed by atoms with E-state index in [1.54, 1.807) is 0 Å². The van der Waals surface area contributed by atoms with E-state index >= 15 is 0 Å². The van der Waals surface area contributed by atoms with Crippen LogP contribution in [0, 0.1) is 0 Å². The standard InChI is InChI=1S/C15H25ClN4/c1-11(2)15-17-9-14(13(8-16)18-15)20(4)12-6-5-7-19(3)10-12/h9,11-12H,5-8,10H2,1-4H3. The Morgan fingerprint density at radius 3 is 2.85 bits per heavy atom. The molecule has 1 saturated heterocycles. The SMILES string of the molecule is CC(C)c1ncc(N(C)C2CCCN(C)C2)c(CCl)n1. The summed E-state index contributed by atoms with van der Waals surface area (Å²) < 4.78 is 0. The summed E-state index contributed by atoms with van der Waals surface area (Å²) in [4.78, 5) is 13.8. The van der Waals surface area contributed by atoms with E-state index in [1.807, 2.05) is 6.20 Å². The number of halogens is 1. The Labute approximate surface area is 127 Å². The number of rotatable bonds is 4. The monoisotopic (exact) mass is 296 g/mol. The summed E-state index contributed by atoms with van der Waals surface area (Å²) in [5, 5.41) is 0. The van der Waals surface area contributed by atoms with Gasteiger partial charge >= 0.3 is 0 Å². The maximum absolute atomic E-state index is 6.09. The highest BCUT2D eigenvalue weighted by Gasteiger charge is 2.23. The first-order chi connectivity index (χ1) is 9.52. The molecule has 0 N–H and O–H groups in total. The molecule has 1 atom stereocenters. The number of piperidine rings is 1. The molecule has 112 valence electrons. The molecule has 1 aromatic heterocycles. The van der Waals surface area contributed by atoms with Gasteiger partial charge in [0.1, 0.15) is 5.82 Å². The molecule has 0 amide bonds. The summed E-state index contributed by atoms with van der Waals surface area (Å²) in [5.74, 6) is 1.64. The van der Waals surface area contributed by atoms with Crippen molar-refractivity contribution in [2.75, 3.05) is 32.1 Å². The molecule has 2 heterocycles. The summed E-state index contributed by atoms with van der Waals surface area (Å²) in [6, 6.07) is 0.518. The number of aromatic nitrogens is 2. The molecule has 0 spiro atoms. The number of hydrogen-bond acceptors (Lipinski definition) is 4. The summed E-state index contributed by atoms with van der Waals surface area (Å²) in [6.07, 6.45) is 4.40. The number of nitrogens with zero attached hydrogens (tertiary/aromatic N) is 4. The van der Waals surface area contributed by atoms with E-state index in [9.17, 15) is 0 Å². The zero-order chi connectivity index (χ0) is 14.7. The number of likely N-dealkylation sites (N-methyl/N-ethyl adjacent to an activating group) is 2. The van der Waals surface area contributed by atoms with E-state index in [1.165, 1.54) is 19.4 Å². The molecule has 1 aliphatic heterocycles. The Balaban J connectivity index is 2.22. The fourth-order valence-corrected chi connectivity index (χ4v) is 2.95. The van der Waals surface area contributed by atoms with E-state index in [0.29, 0.717) is 17.8 Å². The third-order valence-corrected chi connectivity index (χ3v) is 4.29. The third-order valence-electron chi connectivity index (χ3n) is 4.03. The van der Waals surface area contributed by atoms with Crippen LogP contribution in [0.15, 0.2) is 6.20 Å². The lowest BCUT2D eigenvalue weighted by Gasteiger charge is -2.37. The maximum Gasteiger partial charge on any atom is 0.131 e. The molecule has 0 aliphatic carbocycles. The molecular weight excluding hydrogens is 272 g/mol. The number of alkyl halides is 1. The van der Waals surface area contributed by atoms with Gasteiger partial charge in [0.15, 0.2) is 0 Å². The molecule has 0 radical (unpaired) electrons. The van der Waals surface area contributed by atoms with Gasteiger partial charge in [0.2, 0.25) is 0 Å². The molecule has 1 aromatic rings. The summed E-state index contributed by atoms with van der Waals surface area (Å²) in [6.45, 7) is 6.49. The first kappa shape index (κ1) is 15.5. The first-order valence-electron chi connectivity index (χ1n) is 7.36. The van der Waals surface area contributed by atoms with Crippen molar-refractivity contribution in [3.8, 4) is 0 Å². The van der Waals surface area contributed by atoms with Crippen LogP contribution < -0.4 is 4.90 Å². The lowest BCUT2D eigenvalue weighted by atomic mass is 10.0. The molecule has 1 fully saturated rings. The zero-order valence-corrected chi connectivity index (χ0v) is 13.7. The summed E-state index contributed by atoms with van der Waals surface area (Å²) in [5.41, 5.74) is 2.02. The van der Waals surface area contributed by atoms with Gasteiger partial charge in [-0.3, -0.25) is 0 Å². The van der Waals surface area contributed by atoms with Crippen LogP contribution in [0.3, 0.4) is 0 Å². The fraction of sp³-hybridized carbons (Fsp3) is 0.733. The fourth-order valence-electron chi connectivity index (χ4n) is 2.75. The van der Waals surface area contributed by atoms with Crippen LogP contribution in [-0.4, -0.2) is 48.1 Å². The summed E-state index contributed by atoms with van der Waals surface area (Å²) >= 11 is 6.09. The average Bonchev–Trinajstić information content (AvgIpc) is 2.45. The molecule has 0 bridgehead atoms. The molecule has 5 heteroatoms. The second-order valence-corrected chi connectivity index (χ2v) is 6.28. The van der Waals surface area contributed by atoms with E-state index in [-0.39, 0.29) is 0 Å². The minimum atomic E-state index is 0.331. The van der Waals surface area contributed by atoms with Gasteiger partial charge in [0.05, 0.1) is 23.5 Å². The minimum absolute atomic E-state index is 0.331. The van der Waals surface area contributed by atoms with Crippen molar-refractivity contribution in [1.82, 2.24) is 14.9 Å². The Bertz CT molecular complexity index is 449. The second kappa shape index (κ2) is 6.72. The van der Waals surface area contributed by atoms with Gasteiger partial charge in [-0.2, -0.15) is 0 Å². The molecule has 20 heavy (non-hydrogen) atoms. The van der Waals surface area contributed by atoms with E-state index in [0.717, 1.165) is 23.8 Å². The molecule has 4 nitrogen and oxygen atoms in total. The van der Waals surface area contributed by atoms with Gasteiger partial charge in [0.25, 0.3) is 0 Å². The van der Waals surface area contributed by atoms with Gasteiger partial charge < -0.3 is 9.80 Å². The van der Waals surface area contributed by atoms with Crippen LogP contribution in [0.5, 0.6) is 0 Å². The predicted molar refractivity (Wildman–Crippen MR) is 84.6 cm³/mol. The first-order valence-corrected chi connectivity index (χ1v) is 7.89. The van der Waals surface area contributed by atoms with Crippen LogP contribution in [0.25, 0.3) is 0 Å². The number of anilines is 1. The van der Waals surface area contributed by atoms with Crippen LogP contribution >= 0.6 is 11.6 Å². The van der Waals surface area contributed by atoms with Crippen molar-refractivity contribution < 1.29 is 0 Å². The molecule has 1 unspecified atom stereocenters. The van der Waals surface area contributed by atoms with Crippen molar-refractivity contribution in [2.24, 2.45) is 0 Å². The van der Waals surface area contributed by atoms with Crippen molar-refractivity contribution in [3.63, 3.8) is 0 Å². The van der Waals surface area contributed by atoms with Gasteiger partial charge in [-0.1, -0.05) is 13.8 Å². The van der Waals surface area contributed by atoms with Crippen molar-refractivity contribution >= 4 is 17.3 Å². The van der Waals surface area contributed by atoms with Gasteiger partial charge in [-0.25, -0.2) is 9.97 Å². The van der Waals surface area contributed by atoms with Gasteiger partial charge in [0, 0.05) is 25.6 Å². The summed E-state index contributed by atoms with van der Waals surface area (Å²) in [7, 11) is 4.31. The third kappa shape index (κ3) is 3.41. The highest BCUT2D eigenvalue weighted by molar-refractivity contribution is 6.17. The van der Waals surface area contributed by atoms with E-state index < -0.39 is 0 Å². The molecule has 1 aliphatic rings. The minimum Gasteiger partial charge on any atom is -0.368 e. The van der Waals surface area contributed by atoms with Crippen molar-refractivity contribution in [2.45, 2.75) is 44.5 Å². The zero-order valence-electron chi connectivity index (χ0n) is 12.9. The van der Waals surface area contributed by atoms with Crippen LogP contribution in [0.1, 0.15) is 44.1 Å². The molecule has 0 aromatic carbocycles. The predicted octanol–water partition coefficient (Wildman–Crippen LogP) is 2.87. The van der Waals surface area contributed by atoms with Crippen LogP contribution in [-0.2, 0) is 5.88 Å². The van der Waals surface area contributed by atoms with E-state index in [4.69, 9.17) is 11.6 Å². The Morgan fingerprint density at radius 1 is 1.50 bits per heavy atom. The smallest absolute Gasteiger partial charge is 0.131 e. The highest BCUT2D eigenvalue weighted by atomic mass is 35.5. The van der Waals surface area contributed by atoms with Crippen molar-refractivity contribution in [1.29, 1.82) is 0 Å². The second-order valence-electron chi connectivity index (χ2n) is 6.02. The quantitative estimate of drug-likeness (QED) is 0.800. The van der Waals surface area contributed by atoms with Crippen molar-refractivity contribution in [3.05, 3.63) is 17.7 Å². The molecule has 0 saturated carbocycles. The van der Waals surface area contributed by atoms with Gasteiger partial charge in [-0.15, -0.1) is 11.6 Å².